The Morgan fingerprint density at radius 2 is 2.10 bits per heavy atom. The first-order valence-electron chi connectivity index (χ1n) is 5.97. The van der Waals surface area contributed by atoms with Crippen LogP contribution in [-0.4, -0.2) is 24.2 Å². The van der Waals surface area contributed by atoms with Gasteiger partial charge >= 0.3 is 0 Å². The van der Waals surface area contributed by atoms with Crippen LogP contribution in [0.2, 0.25) is 0 Å². The van der Waals surface area contributed by atoms with Crippen LogP contribution in [0.4, 0.5) is 4.39 Å². The van der Waals surface area contributed by atoms with Crippen molar-refractivity contribution in [1.82, 2.24) is 15.4 Å². The van der Waals surface area contributed by atoms with Crippen molar-refractivity contribution in [3.63, 3.8) is 0 Å². The molecule has 21 heavy (non-hydrogen) atoms. The first-order chi connectivity index (χ1) is 10.1. The van der Waals surface area contributed by atoms with Gasteiger partial charge in [-0.25, -0.2) is 14.8 Å². The van der Waals surface area contributed by atoms with Gasteiger partial charge in [-0.15, -0.1) is 0 Å². The zero-order valence-corrected chi connectivity index (χ0v) is 13.0. The Hall–Kier alpha value is -1.77. The molecule has 2 rings (SSSR count). The summed E-state index contributed by atoms with van der Waals surface area (Å²) >= 11 is 3.31. The summed E-state index contributed by atoms with van der Waals surface area (Å²) in [5.41, 5.74) is 3.21. The highest BCUT2D eigenvalue weighted by Crippen LogP contribution is 2.33. The van der Waals surface area contributed by atoms with E-state index in [2.05, 4.69) is 31.3 Å². The topological polar surface area (TPSA) is 82.3 Å². The van der Waals surface area contributed by atoms with Crippen LogP contribution in [0, 0.1) is 5.82 Å². The number of benzene rings is 1. The van der Waals surface area contributed by atoms with Gasteiger partial charge in [0.05, 0.1) is 26.5 Å². The van der Waals surface area contributed by atoms with Crippen molar-refractivity contribution in [3.05, 3.63) is 45.9 Å². The van der Waals surface area contributed by atoms with Crippen LogP contribution >= 0.6 is 15.9 Å². The maximum atomic E-state index is 14.1. The van der Waals surface area contributed by atoms with Crippen molar-refractivity contribution >= 4 is 15.9 Å². The van der Waals surface area contributed by atoms with Crippen molar-refractivity contribution in [3.8, 4) is 11.8 Å². The van der Waals surface area contributed by atoms with Crippen molar-refractivity contribution < 1.29 is 13.9 Å². The molecule has 2 aromatic rings. The standard InChI is InChI=1S/C13H14BrFN4O2/c1-20-9-6-17-12(13(18-9)21-2)11(19-16)10-7(14)4-3-5-8(10)15/h3-6,11,19H,16H2,1-2H3. The van der Waals surface area contributed by atoms with Gasteiger partial charge in [-0.1, -0.05) is 22.0 Å². The highest BCUT2D eigenvalue weighted by molar-refractivity contribution is 9.10. The van der Waals surface area contributed by atoms with Crippen LogP contribution in [0.1, 0.15) is 17.3 Å². The molecular weight excluding hydrogens is 343 g/mol. The second-order valence-electron chi connectivity index (χ2n) is 4.04. The third-order valence-electron chi connectivity index (χ3n) is 2.88. The Morgan fingerprint density at radius 3 is 2.67 bits per heavy atom. The minimum absolute atomic E-state index is 0.201. The highest BCUT2D eigenvalue weighted by atomic mass is 79.9. The average Bonchev–Trinajstić information content (AvgIpc) is 2.50. The van der Waals surface area contributed by atoms with E-state index in [0.29, 0.717) is 21.6 Å². The van der Waals surface area contributed by atoms with Crippen LogP contribution in [0.5, 0.6) is 11.8 Å². The molecule has 6 nitrogen and oxygen atoms in total. The first kappa shape index (κ1) is 15.6. The molecule has 3 N–H and O–H groups in total. The number of methoxy groups -OCH3 is 2. The normalized spacial score (nSPS) is 12.0. The zero-order valence-electron chi connectivity index (χ0n) is 11.4. The van der Waals surface area contributed by atoms with Gasteiger partial charge in [0.25, 0.3) is 0 Å². The number of nitrogens with zero attached hydrogens (tertiary/aromatic N) is 2. The van der Waals surface area contributed by atoms with E-state index in [1.165, 1.54) is 26.5 Å². The third-order valence-corrected chi connectivity index (χ3v) is 3.57. The van der Waals surface area contributed by atoms with E-state index in [9.17, 15) is 4.39 Å². The fourth-order valence-corrected chi connectivity index (χ4v) is 2.47. The second kappa shape index (κ2) is 6.79. The van der Waals surface area contributed by atoms with E-state index < -0.39 is 11.9 Å². The molecule has 1 aromatic carbocycles. The minimum atomic E-state index is -0.728. The van der Waals surface area contributed by atoms with Crippen LogP contribution in [-0.2, 0) is 0 Å². The van der Waals surface area contributed by atoms with E-state index >= 15 is 0 Å². The molecule has 0 amide bonds. The maximum absolute atomic E-state index is 14.1. The first-order valence-corrected chi connectivity index (χ1v) is 6.76. The fourth-order valence-electron chi connectivity index (χ4n) is 1.90. The molecule has 0 radical (unpaired) electrons. The van der Waals surface area contributed by atoms with Crippen molar-refractivity contribution in [2.45, 2.75) is 6.04 Å². The molecule has 0 bridgehead atoms. The average molecular weight is 357 g/mol. The molecule has 0 spiro atoms. The van der Waals surface area contributed by atoms with Gasteiger partial charge in [0, 0.05) is 10.0 Å². The molecule has 1 atom stereocenters. The lowest BCUT2D eigenvalue weighted by molar-refractivity contribution is 0.352. The highest BCUT2D eigenvalue weighted by Gasteiger charge is 2.25. The van der Waals surface area contributed by atoms with Gasteiger partial charge in [-0.3, -0.25) is 5.84 Å². The molecule has 1 aromatic heterocycles. The Balaban J connectivity index is 2.56. The van der Waals surface area contributed by atoms with E-state index in [1.807, 2.05) is 0 Å². The van der Waals surface area contributed by atoms with Crippen molar-refractivity contribution in [2.24, 2.45) is 5.84 Å². The fraction of sp³-hybridized carbons (Fsp3) is 0.231. The lowest BCUT2D eigenvalue weighted by Crippen LogP contribution is -2.31. The number of hydrogen-bond acceptors (Lipinski definition) is 6. The molecule has 0 aliphatic heterocycles. The van der Waals surface area contributed by atoms with Gasteiger partial charge in [0.2, 0.25) is 11.8 Å². The van der Waals surface area contributed by atoms with Gasteiger partial charge in [0.1, 0.15) is 11.5 Å². The Bertz CT molecular complexity index is 621. The predicted octanol–water partition coefficient (Wildman–Crippen LogP) is 1.95. The molecule has 8 heteroatoms. The van der Waals surface area contributed by atoms with E-state index in [0.717, 1.165) is 0 Å². The number of aromatic nitrogens is 2. The number of rotatable bonds is 5. The minimum Gasteiger partial charge on any atom is -0.480 e. The van der Waals surface area contributed by atoms with Gasteiger partial charge in [-0.05, 0) is 12.1 Å². The number of nitrogens with one attached hydrogen (secondary N) is 1. The molecule has 0 aliphatic rings. The summed E-state index contributed by atoms with van der Waals surface area (Å²) in [6.45, 7) is 0. The molecular formula is C13H14BrFN4O2. The number of ether oxygens (including phenoxy) is 2. The molecule has 1 heterocycles. The molecule has 0 aliphatic carbocycles. The number of nitrogens with two attached hydrogens (primary N) is 1. The molecule has 0 saturated carbocycles. The zero-order chi connectivity index (χ0) is 15.4. The SMILES string of the molecule is COc1cnc(C(NN)c2c(F)cccc2Br)c(OC)n1. The van der Waals surface area contributed by atoms with Gasteiger partial charge < -0.3 is 9.47 Å². The summed E-state index contributed by atoms with van der Waals surface area (Å²) < 4.78 is 24.8. The molecule has 112 valence electrons. The van der Waals surface area contributed by atoms with Crippen molar-refractivity contribution in [1.29, 1.82) is 0 Å². The number of hydrazine groups is 1. The van der Waals surface area contributed by atoms with E-state index in [4.69, 9.17) is 15.3 Å². The quantitative estimate of drug-likeness (QED) is 0.629. The second-order valence-corrected chi connectivity index (χ2v) is 4.90. The molecule has 0 saturated heterocycles. The Kier molecular flexibility index (Phi) is 5.05. The summed E-state index contributed by atoms with van der Waals surface area (Å²) in [5.74, 6) is 5.64. The molecule has 1 unspecified atom stereocenters. The lowest BCUT2D eigenvalue weighted by Gasteiger charge is -2.19. The van der Waals surface area contributed by atoms with Crippen molar-refractivity contribution in [2.75, 3.05) is 14.2 Å². The number of halogens is 2. The van der Waals surface area contributed by atoms with Gasteiger partial charge in [-0.2, -0.15) is 4.98 Å². The van der Waals surface area contributed by atoms with Crippen LogP contribution in [0.3, 0.4) is 0 Å². The summed E-state index contributed by atoms with van der Waals surface area (Å²) in [6.07, 6.45) is 1.41. The third kappa shape index (κ3) is 3.12. The Morgan fingerprint density at radius 1 is 1.33 bits per heavy atom. The lowest BCUT2D eigenvalue weighted by atomic mass is 10.0. The number of hydrogen-bond donors (Lipinski definition) is 2. The maximum Gasteiger partial charge on any atom is 0.240 e. The van der Waals surface area contributed by atoms with E-state index in [-0.39, 0.29) is 5.88 Å². The van der Waals surface area contributed by atoms with Gasteiger partial charge in [0.15, 0.2) is 0 Å². The van der Waals surface area contributed by atoms with Crippen LogP contribution in [0.15, 0.2) is 28.9 Å². The summed E-state index contributed by atoms with van der Waals surface area (Å²) in [4.78, 5) is 8.33. The predicted molar refractivity (Wildman–Crippen MR) is 78.4 cm³/mol. The monoisotopic (exact) mass is 356 g/mol. The Labute approximate surface area is 129 Å². The van der Waals surface area contributed by atoms with Crippen LogP contribution in [0.25, 0.3) is 0 Å². The molecule has 0 fully saturated rings. The summed E-state index contributed by atoms with van der Waals surface area (Å²) in [5, 5.41) is 0. The van der Waals surface area contributed by atoms with E-state index in [1.54, 1.807) is 12.1 Å². The summed E-state index contributed by atoms with van der Waals surface area (Å²) in [6, 6.07) is 3.92. The largest absolute Gasteiger partial charge is 0.480 e. The van der Waals surface area contributed by atoms with Crippen LogP contribution < -0.4 is 20.7 Å². The smallest absolute Gasteiger partial charge is 0.240 e. The summed E-state index contributed by atoms with van der Waals surface area (Å²) in [7, 11) is 2.91.